The smallest absolute Gasteiger partial charge is 0.251 e. The zero-order chi connectivity index (χ0) is 20.4. The van der Waals surface area contributed by atoms with Crippen molar-refractivity contribution in [2.75, 3.05) is 12.3 Å². The molecule has 0 fully saturated rings. The van der Waals surface area contributed by atoms with Crippen LogP contribution < -0.4 is 5.32 Å². The lowest BCUT2D eigenvalue weighted by Gasteiger charge is -2.19. The van der Waals surface area contributed by atoms with Crippen LogP contribution in [0.5, 0.6) is 0 Å². The van der Waals surface area contributed by atoms with Crippen molar-refractivity contribution in [3.63, 3.8) is 0 Å². The number of amides is 1. The molecule has 2 aromatic carbocycles. The number of carbonyl (C=O) groups is 2. The highest BCUT2D eigenvalue weighted by atomic mass is 32.2. The number of nitrogens with one attached hydrogen (secondary N) is 1. The molecule has 1 N–H and O–H groups in total. The number of rotatable bonds is 6. The molecule has 6 nitrogen and oxygen atoms in total. The second kappa shape index (κ2) is 7.88. The Morgan fingerprint density at radius 2 is 1.79 bits per heavy atom. The number of furan rings is 1. The lowest BCUT2D eigenvalue weighted by atomic mass is 10.0. The number of sulfone groups is 1. The predicted molar refractivity (Wildman–Crippen MR) is 109 cm³/mol. The maximum Gasteiger partial charge on any atom is 0.251 e. The second-order valence-corrected chi connectivity index (χ2v) is 9.42. The molecule has 0 unspecified atom stereocenters. The normalized spacial score (nSPS) is 14.1. The molecule has 4 rings (SSSR count). The molecular formula is C21H17NO5S2. The minimum absolute atomic E-state index is 0.0237. The molecule has 0 bridgehead atoms. The number of carbonyl (C=O) groups excluding carboxylic acids is 2. The Kier molecular flexibility index (Phi) is 5.29. The van der Waals surface area contributed by atoms with Gasteiger partial charge < -0.3 is 9.73 Å². The van der Waals surface area contributed by atoms with Crippen molar-refractivity contribution in [3.05, 3.63) is 83.3 Å². The van der Waals surface area contributed by atoms with E-state index in [1.54, 1.807) is 30.2 Å². The van der Waals surface area contributed by atoms with E-state index < -0.39 is 9.84 Å². The monoisotopic (exact) mass is 427 g/mol. The van der Waals surface area contributed by atoms with E-state index in [1.807, 2.05) is 12.1 Å². The van der Waals surface area contributed by atoms with Gasteiger partial charge in [0.25, 0.3) is 5.91 Å². The van der Waals surface area contributed by atoms with E-state index in [4.69, 9.17) is 4.42 Å². The Morgan fingerprint density at radius 1 is 1.00 bits per heavy atom. The van der Waals surface area contributed by atoms with Gasteiger partial charge in [0, 0.05) is 29.0 Å². The zero-order valence-corrected chi connectivity index (χ0v) is 16.9. The Bertz CT molecular complexity index is 1180. The highest BCUT2D eigenvalue weighted by Crippen LogP contribution is 2.34. The molecule has 3 aromatic rings. The quantitative estimate of drug-likeness (QED) is 0.475. The molecule has 29 heavy (non-hydrogen) atoms. The van der Waals surface area contributed by atoms with Gasteiger partial charge >= 0.3 is 0 Å². The lowest BCUT2D eigenvalue weighted by Crippen LogP contribution is -2.27. The van der Waals surface area contributed by atoms with E-state index in [-0.39, 0.29) is 38.2 Å². The van der Waals surface area contributed by atoms with Crippen molar-refractivity contribution in [1.29, 1.82) is 0 Å². The summed E-state index contributed by atoms with van der Waals surface area (Å²) in [5.74, 6) is 1.52. The minimum Gasteiger partial charge on any atom is -0.468 e. The van der Waals surface area contributed by atoms with Gasteiger partial charge in [-0.3, -0.25) is 9.59 Å². The van der Waals surface area contributed by atoms with Gasteiger partial charge in [-0.2, -0.15) is 11.8 Å². The summed E-state index contributed by atoms with van der Waals surface area (Å²) in [4.78, 5) is 24.9. The topological polar surface area (TPSA) is 93.4 Å². The molecule has 1 aliphatic heterocycles. The van der Waals surface area contributed by atoms with Gasteiger partial charge in [0.05, 0.1) is 21.8 Å². The molecular weight excluding hydrogens is 410 g/mol. The summed E-state index contributed by atoms with van der Waals surface area (Å²) in [6.07, 6.45) is 1.62. The molecule has 0 atom stereocenters. The Morgan fingerprint density at radius 3 is 2.59 bits per heavy atom. The summed E-state index contributed by atoms with van der Waals surface area (Å²) in [7, 11) is -3.86. The van der Waals surface area contributed by atoms with Crippen LogP contribution in [0.2, 0.25) is 0 Å². The molecule has 1 aromatic heterocycles. The maximum atomic E-state index is 12.9. The number of hydrogen-bond acceptors (Lipinski definition) is 6. The van der Waals surface area contributed by atoms with Crippen LogP contribution in [0.1, 0.15) is 32.0 Å². The molecule has 0 saturated heterocycles. The average Bonchev–Trinajstić information content (AvgIpc) is 3.25. The van der Waals surface area contributed by atoms with Gasteiger partial charge in [0.2, 0.25) is 9.84 Å². The Labute approximate surface area is 172 Å². The lowest BCUT2D eigenvalue weighted by molar-refractivity contribution is 0.0954. The van der Waals surface area contributed by atoms with E-state index in [1.165, 1.54) is 30.3 Å². The van der Waals surface area contributed by atoms with Crippen molar-refractivity contribution in [2.24, 2.45) is 0 Å². The van der Waals surface area contributed by atoms with Gasteiger partial charge in [-0.05, 0) is 42.5 Å². The molecule has 1 aliphatic rings. The van der Waals surface area contributed by atoms with Crippen LogP contribution in [0.3, 0.4) is 0 Å². The summed E-state index contributed by atoms with van der Waals surface area (Å²) in [5, 5.41) is 2.77. The van der Waals surface area contributed by atoms with Crippen LogP contribution in [0.25, 0.3) is 0 Å². The highest BCUT2D eigenvalue weighted by Gasteiger charge is 2.34. The Balaban J connectivity index is 1.47. The van der Waals surface area contributed by atoms with Gasteiger partial charge in [0.1, 0.15) is 5.76 Å². The van der Waals surface area contributed by atoms with Crippen molar-refractivity contribution < 1.29 is 22.4 Å². The van der Waals surface area contributed by atoms with Gasteiger partial charge in [-0.25, -0.2) is 8.42 Å². The third kappa shape index (κ3) is 3.73. The van der Waals surface area contributed by atoms with Gasteiger partial charge in [-0.15, -0.1) is 0 Å². The average molecular weight is 428 g/mol. The van der Waals surface area contributed by atoms with E-state index in [0.29, 0.717) is 18.1 Å². The summed E-state index contributed by atoms with van der Waals surface area (Å²) in [5.41, 5.74) is 0.454. The first-order chi connectivity index (χ1) is 14.0. The first kappa shape index (κ1) is 19.5. The van der Waals surface area contributed by atoms with Crippen LogP contribution in [0, 0.1) is 0 Å². The summed E-state index contributed by atoms with van der Waals surface area (Å²) < 4.78 is 31.1. The molecule has 0 saturated carbocycles. The molecule has 2 heterocycles. The van der Waals surface area contributed by atoms with Crippen molar-refractivity contribution in [1.82, 2.24) is 5.32 Å². The molecule has 0 aliphatic carbocycles. The molecule has 0 spiro atoms. The van der Waals surface area contributed by atoms with Crippen LogP contribution >= 0.6 is 11.8 Å². The third-order valence-corrected chi connectivity index (χ3v) is 7.39. The fourth-order valence-corrected chi connectivity index (χ4v) is 5.57. The molecule has 8 heteroatoms. The van der Waals surface area contributed by atoms with Crippen LogP contribution in [-0.2, 0) is 15.6 Å². The number of thioether (sulfide) groups is 1. The fourth-order valence-electron chi connectivity index (χ4n) is 3.13. The summed E-state index contributed by atoms with van der Waals surface area (Å²) >= 11 is 1.61. The maximum absolute atomic E-state index is 12.9. The summed E-state index contributed by atoms with van der Waals surface area (Å²) in [6.45, 7) is 0.426. The predicted octanol–water partition coefficient (Wildman–Crippen LogP) is 3.32. The first-order valence-corrected chi connectivity index (χ1v) is 11.5. The van der Waals surface area contributed by atoms with E-state index in [2.05, 4.69) is 5.32 Å². The zero-order valence-electron chi connectivity index (χ0n) is 15.3. The van der Waals surface area contributed by atoms with E-state index >= 15 is 0 Å². The van der Waals surface area contributed by atoms with Gasteiger partial charge in [-0.1, -0.05) is 12.1 Å². The molecule has 148 valence electrons. The first-order valence-electron chi connectivity index (χ1n) is 8.89. The molecule has 1 amide bonds. The SMILES string of the molecule is O=C(NCCSCc1ccco1)c1ccc2c(c1)S(=O)(=O)c1ccccc1C2=O. The van der Waals surface area contributed by atoms with Crippen molar-refractivity contribution in [3.8, 4) is 0 Å². The number of fused-ring (bicyclic) bond motifs is 2. The number of hydrogen-bond donors (Lipinski definition) is 1. The number of benzene rings is 2. The fraction of sp³-hybridized carbons (Fsp3) is 0.143. The van der Waals surface area contributed by atoms with Crippen molar-refractivity contribution >= 4 is 33.3 Å². The van der Waals surface area contributed by atoms with Crippen LogP contribution in [0.15, 0.2) is 75.1 Å². The Hall–Kier alpha value is -2.84. The highest BCUT2D eigenvalue weighted by molar-refractivity contribution is 7.98. The second-order valence-electron chi connectivity index (χ2n) is 6.43. The minimum atomic E-state index is -3.86. The van der Waals surface area contributed by atoms with Crippen molar-refractivity contribution in [2.45, 2.75) is 15.5 Å². The van der Waals surface area contributed by atoms with Crippen LogP contribution in [0.4, 0.5) is 0 Å². The molecule has 0 radical (unpaired) electrons. The van der Waals surface area contributed by atoms with Gasteiger partial charge in [0.15, 0.2) is 5.78 Å². The van der Waals surface area contributed by atoms with E-state index in [9.17, 15) is 18.0 Å². The standard InChI is InChI=1S/C21H17NO5S2/c23-20-16-5-1-2-6-18(16)29(25,26)19-12-14(7-8-17(19)20)21(24)22-9-11-28-13-15-4-3-10-27-15/h1-8,10,12H,9,11,13H2,(H,22,24). The van der Waals surface area contributed by atoms with Crippen LogP contribution in [-0.4, -0.2) is 32.4 Å². The largest absolute Gasteiger partial charge is 0.468 e. The van der Waals surface area contributed by atoms with E-state index in [0.717, 1.165) is 5.76 Å². The third-order valence-electron chi connectivity index (χ3n) is 4.56. The summed E-state index contributed by atoms with van der Waals surface area (Å²) in [6, 6.07) is 14.0. The number of ketones is 1.